The first-order chi connectivity index (χ1) is 11.7. The highest BCUT2D eigenvalue weighted by Crippen LogP contribution is 2.36. The Kier molecular flexibility index (Phi) is 4.60. The van der Waals surface area contributed by atoms with E-state index in [1.165, 1.54) is 13.1 Å². The van der Waals surface area contributed by atoms with Gasteiger partial charge in [-0.1, -0.05) is 0 Å². The van der Waals surface area contributed by atoms with Crippen LogP contribution in [0.3, 0.4) is 0 Å². The van der Waals surface area contributed by atoms with E-state index in [4.69, 9.17) is 5.10 Å². The van der Waals surface area contributed by atoms with Crippen molar-refractivity contribution in [3.63, 3.8) is 0 Å². The summed E-state index contributed by atoms with van der Waals surface area (Å²) in [4.78, 5) is 19.7. The van der Waals surface area contributed by atoms with Gasteiger partial charge in [-0.25, -0.2) is 14.6 Å². The third kappa shape index (κ3) is 3.87. The van der Waals surface area contributed by atoms with Crippen LogP contribution in [-0.2, 0) is 5.54 Å². The first kappa shape index (κ1) is 17.5. The minimum atomic E-state index is -0.230. The fourth-order valence-electron chi connectivity index (χ4n) is 3.13. The summed E-state index contributed by atoms with van der Waals surface area (Å²) < 4.78 is 1.94. The summed E-state index contributed by atoms with van der Waals surface area (Å²) in [5.74, 6) is 1.56. The van der Waals surface area contributed by atoms with Gasteiger partial charge >= 0.3 is 0 Å². The van der Waals surface area contributed by atoms with E-state index in [9.17, 15) is 9.90 Å². The second-order valence-corrected chi connectivity index (χ2v) is 7.67. The first-order valence-electron chi connectivity index (χ1n) is 8.62. The van der Waals surface area contributed by atoms with Gasteiger partial charge in [0.25, 0.3) is 0 Å². The number of hydrogen-bond acceptors (Lipinski definition) is 6. The number of nitrogens with zero attached hydrogens (tertiary/aromatic N) is 4. The van der Waals surface area contributed by atoms with Crippen LogP contribution in [0.5, 0.6) is 0 Å². The third-order valence-electron chi connectivity index (χ3n) is 4.46. The summed E-state index contributed by atoms with van der Waals surface area (Å²) in [7, 11) is 0. The molecule has 1 aliphatic rings. The van der Waals surface area contributed by atoms with Crippen LogP contribution in [0, 0.1) is 0 Å². The van der Waals surface area contributed by atoms with E-state index >= 15 is 0 Å². The van der Waals surface area contributed by atoms with Crippen molar-refractivity contribution in [3.05, 3.63) is 29.8 Å². The minimum Gasteiger partial charge on any atom is -0.393 e. The zero-order valence-electron chi connectivity index (χ0n) is 15.2. The van der Waals surface area contributed by atoms with Gasteiger partial charge in [0, 0.05) is 18.9 Å². The zero-order valence-corrected chi connectivity index (χ0v) is 15.2. The van der Waals surface area contributed by atoms with Crippen molar-refractivity contribution in [2.45, 2.75) is 64.5 Å². The average Bonchev–Trinajstić information content (AvgIpc) is 3.14. The Labute approximate surface area is 147 Å². The van der Waals surface area contributed by atoms with Gasteiger partial charge in [0.1, 0.15) is 17.3 Å². The maximum atomic E-state index is 11.3. The molecule has 0 spiro atoms. The number of anilines is 2. The second-order valence-electron chi connectivity index (χ2n) is 7.67. The lowest BCUT2D eigenvalue weighted by atomic mass is 10.0. The number of aromatic nitrogens is 4. The van der Waals surface area contributed by atoms with E-state index in [2.05, 4.69) is 36.1 Å². The van der Waals surface area contributed by atoms with Crippen molar-refractivity contribution in [3.8, 4) is 0 Å². The van der Waals surface area contributed by atoms with Crippen LogP contribution in [0.2, 0.25) is 0 Å². The quantitative estimate of drug-likeness (QED) is 0.829. The summed E-state index contributed by atoms with van der Waals surface area (Å²) in [6, 6.07) is 2.02. The van der Waals surface area contributed by atoms with Gasteiger partial charge < -0.3 is 10.4 Å². The Hall–Kier alpha value is -2.28. The van der Waals surface area contributed by atoms with E-state index in [-0.39, 0.29) is 23.3 Å². The van der Waals surface area contributed by atoms with Crippen LogP contribution >= 0.6 is 0 Å². The number of nitrogens with one attached hydrogen (secondary N) is 1. The Bertz CT molecular complexity index is 761. The largest absolute Gasteiger partial charge is 0.393 e. The lowest BCUT2D eigenvalue weighted by Gasteiger charge is -2.22. The molecule has 0 amide bonds. The standard InChI is InChI=1S/C18H25N5O2/c1-11(24)15-9-20-16(10-19-15)21-17-8-14(12-5-6-13(25)7-12)22-23(17)18(2,3)4/h8-10,12-13,25H,5-7H2,1-4H3,(H,20,21)/t12-,13+/m0/s1. The predicted molar refractivity (Wildman–Crippen MR) is 95.1 cm³/mol. The third-order valence-corrected chi connectivity index (χ3v) is 4.46. The molecule has 134 valence electrons. The molecule has 2 aromatic heterocycles. The molecule has 0 aromatic carbocycles. The average molecular weight is 343 g/mol. The van der Waals surface area contributed by atoms with E-state index in [1.54, 1.807) is 6.20 Å². The fraction of sp³-hybridized carbons (Fsp3) is 0.556. The van der Waals surface area contributed by atoms with E-state index in [1.807, 2.05) is 10.7 Å². The number of Topliss-reactive ketones (excluding diaryl/α,β-unsaturated/α-hetero) is 1. The molecule has 1 aliphatic carbocycles. The highest BCUT2D eigenvalue weighted by molar-refractivity contribution is 5.91. The SMILES string of the molecule is CC(=O)c1cnc(Nc2cc([C@H]3CC[C@@H](O)C3)nn2C(C)(C)C)cn1. The zero-order chi connectivity index (χ0) is 18.2. The van der Waals surface area contributed by atoms with Gasteiger partial charge in [-0.3, -0.25) is 4.79 Å². The van der Waals surface area contributed by atoms with Crippen molar-refractivity contribution in [2.24, 2.45) is 0 Å². The van der Waals surface area contributed by atoms with Crippen molar-refractivity contribution >= 4 is 17.4 Å². The number of ketones is 1. The molecule has 25 heavy (non-hydrogen) atoms. The molecule has 2 N–H and O–H groups in total. The molecule has 0 aliphatic heterocycles. The predicted octanol–water partition coefficient (Wildman–Crippen LogP) is 3.00. The van der Waals surface area contributed by atoms with Gasteiger partial charge in [-0.15, -0.1) is 0 Å². The molecule has 2 atom stereocenters. The van der Waals surface area contributed by atoms with Gasteiger partial charge in [-0.05, 0) is 40.0 Å². The molecule has 0 radical (unpaired) electrons. The molecule has 1 saturated carbocycles. The molecule has 7 heteroatoms. The Morgan fingerprint density at radius 2 is 2.04 bits per heavy atom. The first-order valence-corrected chi connectivity index (χ1v) is 8.62. The molecule has 0 saturated heterocycles. The lowest BCUT2D eigenvalue weighted by molar-refractivity contribution is 0.101. The Morgan fingerprint density at radius 1 is 1.28 bits per heavy atom. The Morgan fingerprint density at radius 3 is 2.56 bits per heavy atom. The maximum Gasteiger partial charge on any atom is 0.179 e. The van der Waals surface area contributed by atoms with Crippen molar-refractivity contribution in [1.29, 1.82) is 0 Å². The molecular weight excluding hydrogens is 318 g/mol. The summed E-state index contributed by atoms with van der Waals surface area (Å²) in [5, 5.41) is 17.8. The van der Waals surface area contributed by atoms with E-state index in [0.29, 0.717) is 11.5 Å². The second kappa shape index (κ2) is 6.55. The maximum absolute atomic E-state index is 11.3. The molecular formula is C18H25N5O2. The van der Waals surface area contributed by atoms with Crippen LogP contribution in [-0.4, -0.2) is 36.7 Å². The number of aliphatic hydroxyl groups excluding tert-OH is 1. The minimum absolute atomic E-state index is 0.110. The number of carbonyl (C=O) groups excluding carboxylic acids is 1. The van der Waals surface area contributed by atoms with Gasteiger partial charge in [-0.2, -0.15) is 5.10 Å². The van der Waals surface area contributed by atoms with Crippen LogP contribution < -0.4 is 5.32 Å². The lowest BCUT2D eigenvalue weighted by Crippen LogP contribution is -2.25. The molecule has 0 bridgehead atoms. The van der Waals surface area contributed by atoms with Crippen LogP contribution in [0.15, 0.2) is 18.5 Å². The topological polar surface area (TPSA) is 92.9 Å². The molecule has 0 unspecified atom stereocenters. The molecule has 3 rings (SSSR count). The number of aliphatic hydroxyl groups is 1. The van der Waals surface area contributed by atoms with Crippen molar-refractivity contribution in [1.82, 2.24) is 19.7 Å². The number of rotatable bonds is 4. The van der Waals surface area contributed by atoms with Crippen LogP contribution in [0.25, 0.3) is 0 Å². The normalized spacial score (nSPS) is 20.7. The number of hydrogen-bond donors (Lipinski definition) is 2. The van der Waals surface area contributed by atoms with Crippen molar-refractivity contribution < 1.29 is 9.90 Å². The fourth-order valence-corrected chi connectivity index (χ4v) is 3.13. The highest BCUT2D eigenvalue weighted by Gasteiger charge is 2.29. The summed E-state index contributed by atoms with van der Waals surface area (Å²) >= 11 is 0. The summed E-state index contributed by atoms with van der Waals surface area (Å²) in [5.41, 5.74) is 1.13. The Balaban J connectivity index is 1.88. The molecule has 2 heterocycles. The van der Waals surface area contributed by atoms with E-state index in [0.717, 1.165) is 30.8 Å². The molecule has 7 nitrogen and oxygen atoms in total. The van der Waals surface area contributed by atoms with Gasteiger partial charge in [0.2, 0.25) is 0 Å². The van der Waals surface area contributed by atoms with Gasteiger partial charge in [0.15, 0.2) is 5.78 Å². The van der Waals surface area contributed by atoms with Crippen molar-refractivity contribution in [2.75, 3.05) is 5.32 Å². The molecule has 2 aromatic rings. The number of carbonyl (C=O) groups is 1. The van der Waals surface area contributed by atoms with Crippen LogP contribution in [0.4, 0.5) is 11.6 Å². The monoisotopic (exact) mass is 343 g/mol. The molecule has 1 fully saturated rings. The van der Waals surface area contributed by atoms with Crippen LogP contribution in [0.1, 0.15) is 69.1 Å². The summed E-state index contributed by atoms with van der Waals surface area (Å²) in [6.07, 6.45) is 5.33. The highest BCUT2D eigenvalue weighted by atomic mass is 16.3. The van der Waals surface area contributed by atoms with E-state index < -0.39 is 0 Å². The van der Waals surface area contributed by atoms with Gasteiger partial charge in [0.05, 0.1) is 29.7 Å². The summed E-state index contributed by atoms with van der Waals surface area (Å²) in [6.45, 7) is 7.73. The smallest absolute Gasteiger partial charge is 0.179 e.